The number of carbonyl (C=O) groups is 3. The lowest BCUT2D eigenvalue weighted by Crippen LogP contribution is -2.37. The highest BCUT2D eigenvalue weighted by Crippen LogP contribution is 2.30. The molecule has 1 aromatic carbocycles. The lowest BCUT2D eigenvalue weighted by atomic mass is 9.91. The lowest BCUT2D eigenvalue weighted by Gasteiger charge is -2.20. The second-order valence-corrected chi connectivity index (χ2v) is 8.54. The van der Waals surface area contributed by atoms with Gasteiger partial charge >= 0.3 is 0 Å². The van der Waals surface area contributed by atoms with Crippen molar-refractivity contribution in [2.75, 3.05) is 18.8 Å². The summed E-state index contributed by atoms with van der Waals surface area (Å²) < 4.78 is 0. The van der Waals surface area contributed by atoms with Crippen LogP contribution in [0.4, 0.5) is 0 Å². The summed E-state index contributed by atoms with van der Waals surface area (Å²) in [5.41, 5.74) is 1.33. The summed E-state index contributed by atoms with van der Waals surface area (Å²) in [6, 6.07) is 9.74. The normalized spacial score (nSPS) is 19.0. The molecule has 1 saturated heterocycles. The number of hydrazone groups is 1. The molecule has 0 spiro atoms. The van der Waals surface area contributed by atoms with Crippen molar-refractivity contribution < 1.29 is 14.4 Å². The van der Waals surface area contributed by atoms with Gasteiger partial charge in [0, 0.05) is 17.9 Å². The van der Waals surface area contributed by atoms with Crippen LogP contribution in [0.15, 0.2) is 46.5 Å². The fraction of sp³-hybridized carbons (Fsp3) is 0.400. The Morgan fingerprint density at radius 1 is 1.22 bits per heavy atom. The largest absolute Gasteiger partial charge is 0.296 e. The van der Waals surface area contributed by atoms with Crippen molar-refractivity contribution >= 4 is 35.1 Å². The highest BCUT2D eigenvalue weighted by atomic mass is 32.2. The molecule has 142 valence electrons. The molecule has 0 unspecified atom stereocenters. The molecule has 2 heterocycles. The summed E-state index contributed by atoms with van der Waals surface area (Å²) >= 11 is 1.30. The van der Waals surface area contributed by atoms with E-state index in [-0.39, 0.29) is 29.9 Å². The van der Waals surface area contributed by atoms with E-state index < -0.39 is 5.41 Å². The maximum Gasteiger partial charge on any atom is 0.262 e. The van der Waals surface area contributed by atoms with E-state index in [0.29, 0.717) is 18.0 Å². The molecule has 2 aliphatic heterocycles. The first-order valence-electron chi connectivity index (χ1n) is 8.88. The van der Waals surface area contributed by atoms with Gasteiger partial charge in [0.15, 0.2) is 5.78 Å². The molecule has 0 N–H and O–H groups in total. The first-order valence-corrected chi connectivity index (χ1v) is 9.87. The molecule has 0 saturated carbocycles. The number of ketones is 1. The van der Waals surface area contributed by atoms with Crippen molar-refractivity contribution in [2.24, 2.45) is 10.5 Å². The van der Waals surface area contributed by atoms with Gasteiger partial charge in [-0.15, -0.1) is 0 Å². The van der Waals surface area contributed by atoms with Crippen molar-refractivity contribution in [2.45, 2.75) is 27.2 Å². The van der Waals surface area contributed by atoms with Crippen LogP contribution in [0.5, 0.6) is 0 Å². The molecular weight excluding hydrogens is 362 g/mol. The summed E-state index contributed by atoms with van der Waals surface area (Å²) in [4.78, 5) is 38.5. The predicted octanol–water partition coefficient (Wildman–Crippen LogP) is 2.66. The smallest absolute Gasteiger partial charge is 0.262 e. The van der Waals surface area contributed by atoms with Crippen molar-refractivity contribution in [3.63, 3.8) is 0 Å². The van der Waals surface area contributed by atoms with E-state index in [4.69, 9.17) is 0 Å². The van der Waals surface area contributed by atoms with E-state index in [0.717, 1.165) is 11.3 Å². The number of allylic oxidation sites excluding steroid dienone is 1. The number of amides is 2. The number of hydrogen-bond donors (Lipinski definition) is 0. The van der Waals surface area contributed by atoms with Crippen LogP contribution in [-0.4, -0.2) is 52.1 Å². The number of benzene rings is 1. The topological polar surface area (TPSA) is 70.1 Å². The lowest BCUT2D eigenvalue weighted by molar-refractivity contribution is -0.136. The monoisotopic (exact) mass is 385 g/mol. The number of nitrogens with zero attached hydrogens (tertiary/aromatic N) is 3. The van der Waals surface area contributed by atoms with E-state index >= 15 is 0 Å². The number of hydrogen-bond acceptors (Lipinski definition) is 5. The zero-order valence-corrected chi connectivity index (χ0v) is 16.6. The van der Waals surface area contributed by atoms with Gasteiger partial charge in [0.05, 0.1) is 23.0 Å². The third-order valence-corrected chi connectivity index (χ3v) is 5.42. The molecule has 0 atom stereocenters. The third kappa shape index (κ3) is 4.47. The molecule has 0 radical (unpaired) electrons. The molecule has 0 bridgehead atoms. The van der Waals surface area contributed by atoms with E-state index in [9.17, 15) is 14.4 Å². The van der Waals surface area contributed by atoms with E-state index in [1.165, 1.54) is 27.7 Å². The molecule has 6 nitrogen and oxygen atoms in total. The minimum atomic E-state index is -0.529. The van der Waals surface area contributed by atoms with Gasteiger partial charge in [-0.3, -0.25) is 19.3 Å². The van der Waals surface area contributed by atoms with Crippen molar-refractivity contribution in [1.29, 1.82) is 0 Å². The standard InChI is InChI=1S/C20H23N3O3S/c1-20(2,3)16(24)11-19-22(18(26)13-27-19)12-17(25)23-10-9-15(21-23)14-7-5-4-6-8-14/h4-8,11H,9-10,12-13H2,1-3H3/b19-11+. The molecule has 1 fully saturated rings. The zero-order chi connectivity index (χ0) is 19.6. The fourth-order valence-corrected chi connectivity index (χ4v) is 3.66. The third-order valence-electron chi connectivity index (χ3n) is 4.39. The highest BCUT2D eigenvalue weighted by molar-refractivity contribution is 8.04. The van der Waals surface area contributed by atoms with Crippen LogP contribution in [0.2, 0.25) is 0 Å². The Kier molecular flexibility index (Phi) is 5.51. The van der Waals surface area contributed by atoms with E-state index in [1.807, 2.05) is 51.1 Å². The average Bonchev–Trinajstić information content (AvgIpc) is 3.24. The molecule has 1 aromatic rings. The van der Waals surface area contributed by atoms with E-state index in [2.05, 4.69) is 5.10 Å². The molecular formula is C20H23N3O3S. The van der Waals surface area contributed by atoms with Crippen LogP contribution < -0.4 is 0 Å². The van der Waals surface area contributed by atoms with Crippen LogP contribution in [0.3, 0.4) is 0 Å². The summed E-state index contributed by atoms with van der Waals surface area (Å²) in [5, 5.41) is 6.38. The van der Waals surface area contributed by atoms with Gasteiger partial charge in [-0.25, -0.2) is 5.01 Å². The second kappa shape index (κ2) is 7.68. The van der Waals surface area contributed by atoms with Gasteiger partial charge in [0.1, 0.15) is 6.54 Å². The Hall–Kier alpha value is -2.41. The molecule has 2 amide bonds. The van der Waals surface area contributed by atoms with Gasteiger partial charge in [-0.05, 0) is 5.56 Å². The average molecular weight is 385 g/mol. The highest BCUT2D eigenvalue weighted by Gasteiger charge is 2.33. The quantitative estimate of drug-likeness (QED) is 0.747. The van der Waals surface area contributed by atoms with Gasteiger partial charge in [-0.2, -0.15) is 5.10 Å². The minimum Gasteiger partial charge on any atom is -0.296 e. The number of thioether (sulfide) groups is 1. The van der Waals surface area contributed by atoms with Crippen molar-refractivity contribution in [3.8, 4) is 0 Å². The molecule has 0 aromatic heterocycles. The first-order chi connectivity index (χ1) is 12.8. The van der Waals surface area contributed by atoms with Crippen LogP contribution in [0.1, 0.15) is 32.8 Å². The Bertz CT molecular complexity index is 825. The number of carbonyl (C=O) groups excluding carboxylic acids is 3. The van der Waals surface area contributed by atoms with Crippen LogP contribution >= 0.6 is 11.8 Å². The van der Waals surface area contributed by atoms with Crippen molar-refractivity contribution in [1.82, 2.24) is 9.91 Å². The Labute approximate surface area is 163 Å². The molecule has 0 aliphatic carbocycles. The fourth-order valence-electron chi connectivity index (χ4n) is 2.72. The Morgan fingerprint density at radius 2 is 1.93 bits per heavy atom. The van der Waals surface area contributed by atoms with Crippen LogP contribution in [0.25, 0.3) is 0 Å². The summed E-state index contributed by atoms with van der Waals surface area (Å²) in [6.07, 6.45) is 2.16. The minimum absolute atomic E-state index is 0.0669. The summed E-state index contributed by atoms with van der Waals surface area (Å²) in [6.45, 7) is 5.88. The molecule has 27 heavy (non-hydrogen) atoms. The Balaban J connectivity index is 1.71. The van der Waals surface area contributed by atoms with Gasteiger partial charge in [0.25, 0.3) is 5.91 Å². The van der Waals surface area contributed by atoms with Gasteiger partial charge < -0.3 is 0 Å². The molecule has 2 aliphatic rings. The molecule has 3 rings (SSSR count). The first kappa shape index (κ1) is 19.4. The van der Waals surface area contributed by atoms with Gasteiger partial charge in [0.2, 0.25) is 5.91 Å². The summed E-state index contributed by atoms with van der Waals surface area (Å²) in [7, 11) is 0. The SMILES string of the molecule is CC(C)(C)C(=O)/C=C1/SCC(=O)N1CC(=O)N1CCC(c2ccccc2)=N1. The second-order valence-electron chi connectivity index (χ2n) is 7.54. The van der Waals surface area contributed by atoms with E-state index in [1.54, 1.807) is 0 Å². The molecule has 7 heteroatoms. The van der Waals surface area contributed by atoms with Crippen molar-refractivity contribution in [3.05, 3.63) is 47.0 Å². The maximum atomic E-state index is 12.7. The zero-order valence-electron chi connectivity index (χ0n) is 15.8. The predicted molar refractivity (Wildman–Crippen MR) is 106 cm³/mol. The Morgan fingerprint density at radius 3 is 2.59 bits per heavy atom. The van der Waals surface area contributed by atoms with Crippen LogP contribution in [0, 0.1) is 5.41 Å². The maximum absolute atomic E-state index is 12.7. The number of rotatable bonds is 4. The van der Waals surface area contributed by atoms with Gasteiger partial charge in [-0.1, -0.05) is 62.9 Å². The van der Waals surface area contributed by atoms with Crippen LogP contribution in [-0.2, 0) is 14.4 Å². The summed E-state index contributed by atoms with van der Waals surface area (Å²) in [5.74, 6) is -0.226.